The van der Waals surface area contributed by atoms with Gasteiger partial charge in [0.2, 0.25) is 0 Å². The quantitative estimate of drug-likeness (QED) is 0.675. The van der Waals surface area contributed by atoms with Crippen molar-refractivity contribution in [1.82, 2.24) is 4.90 Å². The minimum absolute atomic E-state index is 0.0177. The first kappa shape index (κ1) is 20.6. The highest BCUT2D eigenvalue weighted by Gasteiger charge is 2.22. The fourth-order valence-corrected chi connectivity index (χ4v) is 3.43. The maximum absolute atomic E-state index is 13.7. The van der Waals surface area contributed by atoms with E-state index in [0.29, 0.717) is 5.56 Å². The molecule has 0 spiro atoms. The summed E-state index contributed by atoms with van der Waals surface area (Å²) in [6.45, 7) is 0.910. The van der Waals surface area contributed by atoms with Crippen LogP contribution < -0.4 is 0 Å². The van der Waals surface area contributed by atoms with Gasteiger partial charge in [-0.25, -0.2) is 17.6 Å². The minimum atomic E-state index is -3.61. The number of likely N-dealkylation sites (N-methyl/N-ethyl adjacent to an activating group) is 1. The molecule has 1 amide bonds. The SMILES string of the molecule is CCS(=O)(=O)c1ccccc1C(=O)OCC(=O)N(C)Cc1ccccc1F. The summed E-state index contributed by atoms with van der Waals surface area (Å²) in [5.74, 6) is -2.05. The van der Waals surface area contributed by atoms with Crippen molar-refractivity contribution in [3.05, 3.63) is 65.5 Å². The van der Waals surface area contributed by atoms with Gasteiger partial charge < -0.3 is 9.64 Å². The first-order valence-electron chi connectivity index (χ1n) is 8.22. The Morgan fingerprint density at radius 2 is 1.70 bits per heavy atom. The van der Waals surface area contributed by atoms with E-state index in [-0.39, 0.29) is 22.8 Å². The third-order valence-electron chi connectivity index (χ3n) is 3.94. The fraction of sp³-hybridized carbons (Fsp3) is 0.263. The number of amides is 1. The van der Waals surface area contributed by atoms with Gasteiger partial charge in [-0.15, -0.1) is 0 Å². The Balaban J connectivity index is 2.04. The Labute approximate surface area is 157 Å². The molecule has 0 bridgehead atoms. The van der Waals surface area contributed by atoms with Crippen LogP contribution in [-0.2, 0) is 25.9 Å². The maximum atomic E-state index is 13.7. The van der Waals surface area contributed by atoms with Crippen molar-refractivity contribution in [2.75, 3.05) is 19.4 Å². The summed E-state index contributed by atoms with van der Waals surface area (Å²) in [5, 5.41) is 0. The van der Waals surface area contributed by atoms with Gasteiger partial charge in [0.05, 0.1) is 16.2 Å². The summed E-state index contributed by atoms with van der Waals surface area (Å²) in [6.07, 6.45) is 0. The van der Waals surface area contributed by atoms with Gasteiger partial charge >= 0.3 is 5.97 Å². The van der Waals surface area contributed by atoms with Crippen LogP contribution in [-0.4, -0.2) is 44.6 Å². The van der Waals surface area contributed by atoms with Crippen LogP contribution in [0.2, 0.25) is 0 Å². The maximum Gasteiger partial charge on any atom is 0.339 e. The molecule has 0 N–H and O–H groups in total. The molecule has 0 aliphatic carbocycles. The monoisotopic (exact) mass is 393 g/mol. The van der Waals surface area contributed by atoms with Crippen LogP contribution in [0.4, 0.5) is 4.39 Å². The first-order chi connectivity index (χ1) is 12.8. The van der Waals surface area contributed by atoms with E-state index in [4.69, 9.17) is 4.74 Å². The number of carbonyl (C=O) groups excluding carboxylic acids is 2. The molecular weight excluding hydrogens is 373 g/mol. The zero-order chi connectivity index (χ0) is 20.0. The van der Waals surface area contributed by atoms with Crippen molar-refractivity contribution in [3.8, 4) is 0 Å². The number of rotatable bonds is 7. The molecule has 0 aliphatic rings. The number of halogens is 1. The molecule has 0 unspecified atom stereocenters. The highest BCUT2D eigenvalue weighted by atomic mass is 32.2. The predicted octanol–water partition coefficient (Wildman–Crippen LogP) is 2.43. The summed E-state index contributed by atoms with van der Waals surface area (Å²) in [5.41, 5.74) is 0.211. The lowest BCUT2D eigenvalue weighted by atomic mass is 10.2. The molecule has 8 heteroatoms. The van der Waals surface area contributed by atoms with E-state index in [9.17, 15) is 22.4 Å². The van der Waals surface area contributed by atoms with E-state index in [1.165, 1.54) is 49.2 Å². The summed E-state index contributed by atoms with van der Waals surface area (Å²) < 4.78 is 42.8. The Morgan fingerprint density at radius 1 is 1.07 bits per heavy atom. The number of hydrogen-bond acceptors (Lipinski definition) is 5. The topological polar surface area (TPSA) is 80.7 Å². The molecule has 2 aromatic rings. The number of benzene rings is 2. The van der Waals surface area contributed by atoms with Crippen LogP contribution in [0.15, 0.2) is 53.4 Å². The van der Waals surface area contributed by atoms with E-state index >= 15 is 0 Å². The molecule has 0 aromatic heterocycles. The van der Waals surface area contributed by atoms with Crippen molar-refractivity contribution < 1.29 is 27.1 Å². The van der Waals surface area contributed by atoms with E-state index in [0.717, 1.165) is 0 Å². The van der Waals surface area contributed by atoms with Gasteiger partial charge in [-0.05, 0) is 18.2 Å². The predicted molar refractivity (Wildman–Crippen MR) is 97.3 cm³/mol. The molecule has 27 heavy (non-hydrogen) atoms. The first-order valence-corrected chi connectivity index (χ1v) is 9.87. The summed E-state index contributed by atoms with van der Waals surface area (Å²) in [4.78, 5) is 25.5. The van der Waals surface area contributed by atoms with Crippen molar-refractivity contribution in [2.45, 2.75) is 18.4 Å². The molecule has 6 nitrogen and oxygen atoms in total. The molecule has 0 fully saturated rings. The van der Waals surface area contributed by atoms with Gasteiger partial charge in [-0.1, -0.05) is 37.3 Å². The molecule has 0 radical (unpaired) electrons. The number of esters is 1. The highest BCUT2D eigenvalue weighted by molar-refractivity contribution is 7.91. The Morgan fingerprint density at radius 3 is 2.37 bits per heavy atom. The lowest BCUT2D eigenvalue weighted by Crippen LogP contribution is -2.31. The number of hydrogen-bond donors (Lipinski definition) is 0. The van der Waals surface area contributed by atoms with Gasteiger partial charge in [-0.3, -0.25) is 4.79 Å². The van der Waals surface area contributed by atoms with Crippen LogP contribution in [0.5, 0.6) is 0 Å². The third kappa shape index (κ3) is 5.13. The normalized spacial score (nSPS) is 11.1. The van der Waals surface area contributed by atoms with Crippen LogP contribution in [0, 0.1) is 5.82 Å². The van der Waals surface area contributed by atoms with E-state index in [2.05, 4.69) is 0 Å². The van der Waals surface area contributed by atoms with Crippen molar-refractivity contribution >= 4 is 21.7 Å². The van der Waals surface area contributed by atoms with Crippen molar-refractivity contribution in [1.29, 1.82) is 0 Å². The second-order valence-corrected chi connectivity index (χ2v) is 8.06. The average Bonchev–Trinajstić information content (AvgIpc) is 2.67. The van der Waals surface area contributed by atoms with Crippen LogP contribution in [0.3, 0.4) is 0 Å². The molecule has 0 saturated heterocycles. The standard InChI is InChI=1S/C19H20FNO5S/c1-3-27(24,25)17-11-7-5-9-15(17)19(23)26-13-18(22)21(2)12-14-8-4-6-10-16(14)20/h4-11H,3,12-13H2,1-2H3. The molecule has 2 rings (SSSR count). The molecule has 144 valence electrons. The van der Waals surface area contributed by atoms with Crippen LogP contribution in [0.25, 0.3) is 0 Å². The Hall–Kier alpha value is -2.74. The van der Waals surface area contributed by atoms with E-state index in [1.807, 2.05) is 0 Å². The molecule has 0 aliphatic heterocycles. The molecule has 0 saturated carbocycles. The van der Waals surface area contributed by atoms with Gasteiger partial charge in [0.15, 0.2) is 16.4 Å². The average molecular weight is 393 g/mol. The zero-order valence-electron chi connectivity index (χ0n) is 15.0. The van der Waals surface area contributed by atoms with Gasteiger partial charge in [0.25, 0.3) is 5.91 Å². The van der Waals surface area contributed by atoms with Gasteiger partial charge in [0, 0.05) is 19.2 Å². The van der Waals surface area contributed by atoms with Crippen molar-refractivity contribution in [3.63, 3.8) is 0 Å². The Kier molecular flexibility index (Phi) is 6.68. The number of nitrogens with zero attached hydrogens (tertiary/aromatic N) is 1. The number of carbonyl (C=O) groups is 2. The number of sulfone groups is 1. The second kappa shape index (κ2) is 8.77. The summed E-state index contributed by atoms with van der Waals surface area (Å²) in [6, 6.07) is 11.7. The molecule has 0 atom stereocenters. The number of ether oxygens (including phenoxy) is 1. The van der Waals surface area contributed by atoms with E-state index < -0.39 is 34.1 Å². The minimum Gasteiger partial charge on any atom is -0.452 e. The molecular formula is C19H20FNO5S. The lowest BCUT2D eigenvalue weighted by Gasteiger charge is -2.18. The lowest BCUT2D eigenvalue weighted by molar-refractivity contribution is -0.133. The van der Waals surface area contributed by atoms with Crippen molar-refractivity contribution in [2.24, 2.45) is 0 Å². The summed E-state index contributed by atoms with van der Waals surface area (Å²) >= 11 is 0. The smallest absolute Gasteiger partial charge is 0.339 e. The second-order valence-electron chi connectivity index (χ2n) is 5.82. The van der Waals surface area contributed by atoms with E-state index in [1.54, 1.807) is 18.2 Å². The Bertz CT molecular complexity index is 943. The molecule has 2 aromatic carbocycles. The third-order valence-corrected chi connectivity index (χ3v) is 5.73. The summed E-state index contributed by atoms with van der Waals surface area (Å²) in [7, 11) is -2.16. The highest BCUT2D eigenvalue weighted by Crippen LogP contribution is 2.18. The van der Waals surface area contributed by atoms with Gasteiger partial charge in [0.1, 0.15) is 5.82 Å². The molecule has 0 heterocycles. The fourth-order valence-electron chi connectivity index (χ4n) is 2.35. The zero-order valence-corrected chi connectivity index (χ0v) is 15.8. The largest absolute Gasteiger partial charge is 0.452 e. The van der Waals surface area contributed by atoms with Crippen LogP contribution in [0.1, 0.15) is 22.8 Å². The van der Waals surface area contributed by atoms with Gasteiger partial charge in [-0.2, -0.15) is 0 Å². The van der Waals surface area contributed by atoms with Crippen LogP contribution >= 0.6 is 0 Å².